The number of amides is 1. The molecule has 4 heteroatoms. The molecule has 2 rings (SSSR count). The average Bonchev–Trinajstić information content (AvgIpc) is 2.40. The first-order chi connectivity index (χ1) is 8.98. The molecule has 1 fully saturated rings. The molecule has 0 aromatic heterocycles. The second kappa shape index (κ2) is 5.93. The molecule has 0 heterocycles. The van der Waals surface area contributed by atoms with Gasteiger partial charge in [0.1, 0.15) is 0 Å². The van der Waals surface area contributed by atoms with Gasteiger partial charge in [-0.05, 0) is 49.8 Å². The third-order valence-electron chi connectivity index (χ3n) is 3.87. The molecule has 1 aromatic carbocycles. The van der Waals surface area contributed by atoms with Crippen molar-refractivity contribution in [3.05, 3.63) is 34.9 Å². The van der Waals surface area contributed by atoms with Crippen LogP contribution in [-0.4, -0.2) is 23.2 Å². The second-order valence-electron chi connectivity index (χ2n) is 5.60. The van der Waals surface area contributed by atoms with E-state index in [9.17, 15) is 9.90 Å². The van der Waals surface area contributed by atoms with Crippen LogP contribution in [0.25, 0.3) is 0 Å². The number of nitrogens with one attached hydrogen (secondary N) is 1. The number of hydrogen-bond acceptors (Lipinski definition) is 2. The number of benzene rings is 1. The van der Waals surface area contributed by atoms with Crippen molar-refractivity contribution >= 4 is 17.5 Å². The van der Waals surface area contributed by atoms with Gasteiger partial charge in [0.05, 0.1) is 5.60 Å². The number of halogens is 1. The fourth-order valence-corrected chi connectivity index (χ4v) is 2.64. The van der Waals surface area contributed by atoms with Crippen LogP contribution in [0.5, 0.6) is 0 Å². The Morgan fingerprint density at radius 3 is 2.79 bits per heavy atom. The van der Waals surface area contributed by atoms with Crippen LogP contribution in [0.15, 0.2) is 24.3 Å². The maximum absolute atomic E-state index is 12.0. The van der Waals surface area contributed by atoms with E-state index in [0.717, 1.165) is 25.7 Å². The molecule has 0 bridgehead atoms. The molecule has 0 spiro atoms. The van der Waals surface area contributed by atoms with Crippen LogP contribution in [0.4, 0.5) is 0 Å². The summed E-state index contributed by atoms with van der Waals surface area (Å²) in [5, 5.41) is 13.7. The molecule has 0 aliphatic heterocycles. The van der Waals surface area contributed by atoms with Gasteiger partial charge in [0.2, 0.25) is 0 Å². The first-order valence-corrected chi connectivity index (χ1v) is 7.12. The van der Waals surface area contributed by atoms with Gasteiger partial charge in [-0.3, -0.25) is 4.79 Å². The summed E-state index contributed by atoms with van der Waals surface area (Å²) in [5.74, 6) is 0.485. The molecule has 2 N–H and O–H groups in total. The number of carbonyl (C=O) groups is 1. The number of rotatable bonds is 3. The van der Waals surface area contributed by atoms with Crippen molar-refractivity contribution in [3.63, 3.8) is 0 Å². The molecule has 0 unspecified atom stereocenters. The summed E-state index contributed by atoms with van der Waals surface area (Å²) in [4.78, 5) is 12.0. The standard InChI is InChI=1S/C15H20ClNO2/c1-11-5-7-15(19,8-6-11)10-17-14(18)12-3-2-4-13(16)9-12/h2-4,9,11,19H,5-8,10H2,1H3,(H,17,18). The van der Waals surface area contributed by atoms with Crippen LogP contribution in [-0.2, 0) is 0 Å². The molecule has 0 saturated heterocycles. The fourth-order valence-electron chi connectivity index (χ4n) is 2.45. The highest BCUT2D eigenvalue weighted by Crippen LogP contribution is 2.31. The highest BCUT2D eigenvalue weighted by Gasteiger charge is 2.32. The van der Waals surface area contributed by atoms with E-state index in [1.54, 1.807) is 24.3 Å². The van der Waals surface area contributed by atoms with Crippen molar-refractivity contribution < 1.29 is 9.90 Å². The molecule has 1 aliphatic carbocycles. The van der Waals surface area contributed by atoms with Gasteiger partial charge >= 0.3 is 0 Å². The maximum atomic E-state index is 12.0. The third-order valence-corrected chi connectivity index (χ3v) is 4.10. The van der Waals surface area contributed by atoms with Gasteiger partial charge in [-0.2, -0.15) is 0 Å². The zero-order valence-electron chi connectivity index (χ0n) is 11.2. The molecule has 1 amide bonds. The first-order valence-electron chi connectivity index (χ1n) is 6.75. The van der Waals surface area contributed by atoms with E-state index in [-0.39, 0.29) is 5.91 Å². The van der Waals surface area contributed by atoms with Gasteiger partial charge in [-0.1, -0.05) is 24.6 Å². The smallest absolute Gasteiger partial charge is 0.251 e. The lowest BCUT2D eigenvalue weighted by molar-refractivity contribution is -0.00539. The summed E-state index contributed by atoms with van der Waals surface area (Å²) in [6.45, 7) is 2.51. The lowest BCUT2D eigenvalue weighted by Gasteiger charge is -2.34. The molecular formula is C15H20ClNO2. The quantitative estimate of drug-likeness (QED) is 0.895. The lowest BCUT2D eigenvalue weighted by Crippen LogP contribution is -2.45. The zero-order chi connectivity index (χ0) is 13.9. The van der Waals surface area contributed by atoms with E-state index < -0.39 is 5.60 Å². The van der Waals surface area contributed by atoms with Crippen molar-refractivity contribution in [1.82, 2.24) is 5.32 Å². The normalized spacial score (nSPS) is 27.0. The van der Waals surface area contributed by atoms with Gasteiger partial charge in [0, 0.05) is 17.1 Å². The Morgan fingerprint density at radius 2 is 2.16 bits per heavy atom. The first kappa shape index (κ1) is 14.4. The van der Waals surface area contributed by atoms with Gasteiger partial charge in [0.25, 0.3) is 5.91 Å². The summed E-state index contributed by atoms with van der Waals surface area (Å²) < 4.78 is 0. The molecule has 19 heavy (non-hydrogen) atoms. The summed E-state index contributed by atoms with van der Waals surface area (Å²) in [7, 11) is 0. The molecule has 104 valence electrons. The zero-order valence-corrected chi connectivity index (χ0v) is 11.9. The van der Waals surface area contributed by atoms with E-state index in [0.29, 0.717) is 23.0 Å². The fraction of sp³-hybridized carbons (Fsp3) is 0.533. The van der Waals surface area contributed by atoms with Crippen molar-refractivity contribution in [2.24, 2.45) is 5.92 Å². The summed E-state index contributed by atoms with van der Waals surface area (Å²) in [6.07, 6.45) is 3.54. The second-order valence-corrected chi connectivity index (χ2v) is 6.04. The Labute approximate surface area is 119 Å². The molecule has 1 saturated carbocycles. The highest BCUT2D eigenvalue weighted by molar-refractivity contribution is 6.30. The summed E-state index contributed by atoms with van der Waals surface area (Å²) >= 11 is 5.85. The number of aliphatic hydroxyl groups is 1. The lowest BCUT2D eigenvalue weighted by atomic mass is 9.79. The minimum absolute atomic E-state index is 0.186. The van der Waals surface area contributed by atoms with Gasteiger partial charge < -0.3 is 10.4 Å². The Balaban J connectivity index is 1.90. The van der Waals surface area contributed by atoms with E-state index in [2.05, 4.69) is 12.2 Å². The molecule has 0 atom stereocenters. The SMILES string of the molecule is CC1CCC(O)(CNC(=O)c2cccc(Cl)c2)CC1. The minimum atomic E-state index is -0.749. The van der Waals surface area contributed by atoms with Crippen LogP contribution >= 0.6 is 11.6 Å². The maximum Gasteiger partial charge on any atom is 0.251 e. The van der Waals surface area contributed by atoms with Crippen molar-refractivity contribution in [2.75, 3.05) is 6.54 Å². The monoisotopic (exact) mass is 281 g/mol. The molecule has 1 aromatic rings. The van der Waals surface area contributed by atoms with Crippen LogP contribution in [0.3, 0.4) is 0 Å². The van der Waals surface area contributed by atoms with E-state index in [4.69, 9.17) is 11.6 Å². The molecule has 0 radical (unpaired) electrons. The predicted molar refractivity (Wildman–Crippen MR) is 76.4 cm³/mol. The van der Waals surface area contributed by atoms with Crippen LogP contribution in [0, 0.1) is 5.92 Å². The van der Waals surface area contributed by atoms with Crippen LogP contribution < -0.4 is 5.32 Å². The predicted octanol–water partition coefficient (Wildman–Crippen LogP) is 3.01. The Morgan fingerprint density at radius 1 is 1.47 bits per heavy atom. The van der Waals surface area contributed by atoms with Crippen molar-refractivity contribution in [3.8, 4) is 0 Å². The molecule has 3 nitrogen and oxygen atoms in total. The largest absolute Gasteiger partial charge is 0.388 e. The van der Waals surface area contributed by atoms with E-state index >= 15 is 0 Å². The Kier molecular flexibility index (Phi) is 4.48. The number of hydrogen-bond donors (Lipinski definition) is 2. The van der Waals surface area contributed by atoms with Crippen LogP contribution in [0.1, 0.15) is 43.0 Å². The molecule has 1 aliphatic rings. The number of carbonyl (C=O) groups excluding carboxylic acids is 1. The highest BCUT2D eigenvalue weighted by atomic mass is 35.5. The van der Waals surface area contributed by atoms with Gasteiger partial charge in [-0.15, -0.1) is 0 Å². The Bertz CT molecular complexity index is 453. The summed E-state index contributed by atoms with van der Waals surface area (Å²) in [5.41, 5.74) is -0.221. The Hall–Kier alpha value is -1.06. The minimum Gasteiger partial charge on any atom is -0.388 e. The third kappa shape index (κ3) is 3.95. The van der Waals surface area contributed by atoms with Gasteiger partial charge in [-0.25, -0.2) is 0 Å². The van der Waals surface area contributed by atoms with E-state index in [1.165, 1.54) is 0 Å². The summed E-state index contributed by atoms with van der Waals surface area (Å²) in [6, 6.07) is 6.82. The van der Waals surface area contributed by atoms with Crippen molar-refractivity contribution in [2.45, 2.75) is 38.2 Å². The van der Waals surface area contributed by atoms with Crippen LogP contribution in [0.2, 0.25) is 5.02 Å². The average molecular weight is 282 g/mol. The van der Waals surface area contributed by atoms with E-state index in [1.807, 2.05) is 0 Å². The molecular weight excluding hydrogens is 262 g/mol. The topological polar surface area (TPSA) is 49.3 Å². The van der Waals surface area contributed by atoms with Crippen molar-refractivity contribution in [1.29, 1.82) is 0 Å². The van der Waals surface area contributed by atoms with Gasteiger partial charge in [0.15, 0.2) is 0 Å².